The van der Waals surface area contributed by atoms with Gasteiger partial charge in [-0.15, -0.1) is 0 Å². The molecule has 0 heterocycles. The van der Waals surface area contributed by atoms with Crippen LogP contribution >= 0.6 is 0 Å². The monoisotopic (exact) mass is 246 g/mol. The van der Waals surface area contributed by atoms with E-state index in [1.807, 2.05) is 27.7 Å². The molecule has 102 valence electrons. The van der Waals surface area contributed by atoms with Crippen LogP contribution in [-0.2, 0) is 19.1 Å². The molecule has 0 aromatic carbocycles. The Kier molecular flexibility index (Phi) is 12.3. The molecule has 4 heteroatoms. The standard InChI is InChI=1S/C11H20O4.C2H6/c1-5-14-10(12)7-9(8(3)4)11(13)15-6-2;1-2/h8-9H,5-7H2,1-4H3;1-2H3. The maximum Gasteiger partial charge on any atom is 0.309 e. The number of carbonyl (C=O) groups is 2. The lowest BCUT2D eigenvalue weighted by Gasteiger charge is -2.17. The van der Waals surface area contributed by atoms with Gasteiger partial charge in [0, 0.05) is 0 Å². The molecule has 0 aliphatic heterocycles. The fourth-order valence-electron chi connectivity index (χ4n) is 1.24. The van der Waals surface area contributed by atoms with Crippen molar-refractivity contribution in [2.24, 2.45) is 11.8 Å². The van der Waals surface area contributed by atoms with Gasteiger partial charge in [-0.25, -0.2) is 0 Å². The summed E-state index contributed by atoms with van der Waals surface area (Å²) >= 11 is 0. The van der Waals surface area contributed by atoms with Gasteiger partial charge in [0.15, 0.2) is 0 Å². The van der Waals surface area contributed by atoms with Crippen LogP contribution in [0, 0.1) is 11.8 Å². The second-order valence-electron chi connectivity index (χ2n) is 3.61. The summed E-state index contributed by atoms with van der Waals surface area (Å²) in [4.78, 5) is 22.7. The lowest BCUT2D eigenvalue weighted by Crippen LogP contribution is -2.26. The molecule has 0 aliphatic carbocycles. The van der Waals surface area contributed by atoms with Crippen molar-refractivity contribution in [2.75, 3.05) is 13.2 Å². The quantitative estimate of drug-likeness (QED) is 0.676. The lowest BCUT2D eigenvalue weighted by atomic mass is 9.93. The molecule has 17 heavy (non-hydrogen) atoms. The number of carbonyl (C=O) groups excluding carboxylic acids is 2. The van der Waals surface area contributed by atoms with Crippen molar-refractivity contribution in [3.8, 4) is 0 Å². The number of rotatable bonds is 6. The molecule has 1 atom stereocenters. The molecule has 0 radical (unpaired) electrons. The highest BCUT2D eigenvalue weighted by atomic mass is 16.5. The Labute approximate surface area is 105 Å². The van der Waals surface area contributed by atoms with E-state index < -0.39 is 5.92 Å². The molecule has 1 unspecified atom stereocenters. The zero-order chi connectivity index (χ0) is 13.8. The third kappa shape index (κ3) is 8.72. The van der Waals surface area contributed by atoms with Crippen LogP contribution in [0.2, 0.25) is 0 Å². The third-order valence-electron chi connectivity index (χ3n) is 2.09. The van der Waals surface area contributed by atoms with Crippen LogP contribution in [0.4, 0.5) is 0 Å². The lowest BCUT2D eigenvalue weighted by molar-refractivity contribution is -0.156. The molecule has 0 N–H and O–H groups in total. The minimum absolute atomic E-state index is 0.0773. The largest absolute Gasteiger partial charge is 0.466 e. The van der Waals surface area contributed by atoms with E-state index in [4.69, 9.17) is 9.47 Å². The molecule has 0 saturated carbocycles. The van der Waals surface area contributed by atoms with E-state index in [9.17, 15) is 9.59 Å². The summed E-state index contributed by atoms with van der Waals surface area (Å²) in [6, 6.07) is 0. The van der Waals surface area contributed by atoms with E-state index >= 15 is 0 Å². The number of ether oxygens (including phenoxy) is 2. The Morgan fingerprint density at radius 1 is 1.00 bits per heavy atom. The predicted molar refractivity (Wildman–Crippen MR) is 67.6 cm³/mol. The summed E-state index contributed by atoms with van der Waals surface area (Å²) in [7, 11) is 0. The van der Waals surface area contributed by atoms with Gasteiger partial charge in [0.25, 0.3) is 0 Å². The molecule has 0 rings (SSSR count). The van der Waals surface area contributed by atoms with Crippen molar-refractivity contribution in [1.29, 1.82) is 0 Å². The summed E-state index contributed by atoms with van der Waals surface area (Å²) in [5, 5.41) is 0. The third-order valence-corrected chi connectivity index (χ3v) is 2.09. The summed E-state index contributed by atoms with van der Waals surface area (Å²) in [6.45, 7) is 11.9. The highest BCUT2D eigenvalue weighted by Crippen LogP contribution is 2.17. The van der Waals surface area contributed by atoms with Gasteiger partial charge in [-0.05, 0) is 19.8 Å². The maximum absolute atomic E-state index is 11.5. The fourth-order valence-corrected chi connectivity index (χ4v) is 1.24. The van der Waals surface area contributed by atoms with Gasteiger partial charge in [-0.3, -0.25) is 9.59 Å². The fraction of sp³-hybridized carbons (Fsp3) is 0.846. The zero-order valence-corrected chi connectivity index (χ0v) is 11.9. The van der Waals surface area contributed by atoms with Crippen LogP contribution < -0.4 is 0 Å². The van der Waals surface area contributed by atoms with Crippen molar-refractivity contribution in [1.82, 2.24) is 0 Å². The van der Waals surface area contributed by atoms with E-state index in [0.717, 1.165) is 0 Å². The molecule has 0 amide bonds. The van der Waals surface area contributed by atoms with Crippen molar-refractivity contribution in [2.45, 2.75) is 48.0 Å². The average Bonchev–Trinajstić information content (AvgIpc) is 2.29. The first-order valence-electron chi connectivity index (χ1n) is 6.35. The Bertz CT molecular complexity index is 211. The molecule has 0 bridgehead atoms. The van der Waals surface area contributed by atoms with Crippen molar-refractivity contribution in [3.63, 3.8) is 0 Å². The first kappa shape index (κ1) is 18.3. The Morgan fingerprint density at radius 3 is 1.82 bits per heavy atom. The second-order valence-corrected chi connectivity index (χ2v) is 3.61. The van der Waals surface area contributed by atoms with Crippen LogP contribution in [0.1, 0.15) is 48.0 Å². The highest BCUT2D eigenvalue weighted by Gasteiger charge is 2.26. The molecule has 0 aromatic rings. The van der Waals surface area contributed by atoms with E-state index in [1.165, 1.54) is 0 Å². The summed E-state index contributed by atoms with van der Waals surface area (Å²) in [6.07, 6.45) is 0.102. The smallest absolute Gasteiger partial charge is 0.309 e. The first-order chi connectivity index (χ1) is 8.02. The van der Waals surface area contributed by atoms with Crippen LogP contribution in [0.15, 0.2) is 0 Å². The molecule has 0 fully saturated rings. The van der Waals surface area contributed by atoms with Crippen LogP contribution in [0.5, 0.6) is 0 Å². The summed E-state index contributed by atoms with van der Waals surface area (Å²) in [5.41, 5.74) is 0. The molecule has 0 spiro atoms. The molecule has 0 aromatic heterocycles. The van der Waals surface area contributed by atoms with Gasteiger partial charge in [-0.1, -0.05) is 27.7 Å². The van der Waals surface area contributed by atoms with Gasteiger partial charge in [-0.2, -0.15) is 0 Å². The van der Waals surface area contributed by atoms with Gasteiger partial charge in [0.05, 0.1) is 25.6 Å². The topological polar surface area (TPSA) is 52.6 Å². The Morgan fingerprint density at radius 2 is 1.47 bits per heavy atom. The molecular weight excluding hydrogens is 220 g/mol. The van der Waals surface area contributed by atoms with Crippen LogP contribution in [-0.4, -0.2) is 25.2 Å². The van der Waals surface area contributed by atoms with Gasteiger partial charge >= 0.3 is 11.9 Å². The molecule has 4 nitrogen and oxygen atoms in total. The Hall–Kier alpha value is -1.06. The van der Waals surface area contributed by atoms with Gasteiger partial charge in [0.2, 0.25) is 0 Å². The van der Waals surface area contributed by atoms with E-state index in [0.29, 0.717) is 13.2 Å². The van der Waals surface area contributed by atoms with E-state index in [-0.39, 0.29) is 24.3 Å². The number of hydrogen-bond acceptors (Lipinski definition) is 4. The average molecular weight is 246 g/mol. The SMILES string of the molecule is CC.CCOC(=O)CC(C(=O)OCC)C(C)C. The van der Waals surface area contributed by atoms with Crippen LogP contribution in [0.25, 0.3) is 0 Å². The second kappa shape index (κ2) is 11.4. The number of esters is 2. The minimum Gasteiger partial charge on any atom is -0.466 e. The van der Waals surface area contributed by atoms with Crippen LogP contribution in [0.3, 0.4) is 0 Å². The zero-order valence-electron chi connectivity index (χ0n) is 11.9. The summed E-state index contributed by atoms with van der Waals surface area (Å²) in [5.74, 6) is -0.984. The van der Waals surface area contributed by atoms with Gasteiger partial charge < -0.3 is 9.47 Å². The van der Waals surface area contributed by atoms with Crippen molar-refractivity contribution in [3.05, 3.63) is 0 Å². The summed E-state index contributed by atoms with van der Waals surface area (Å²) < 4.78 is 9.70. The van der Waals surface area contributed by atoms with Crippen molar-refractivity contribution < 1.29 is 19.1 Å². The first-order valence-corrected chi connectivity index (χ1v) is 6.35. The molecule has 0 aliphatic rings. The normalized spacial score (nSPS) is 11.2. The van der Waals surface area contributed by atoms with E-state index in [1.54, 1.807) is 13.8 Å². The molecule has 0 saturated heterocycles. The number of hydrogen-bond donors (Lipinski definition) is 0. The predicted octanol–water partition coefficient (Wildman–Crippen LogP) is 2.80. The minimum atomic E-state index is -0.399. The van der Waals surface area contributed by atoms with E-state index in [2.05, 4.69) is 0 Å². The molecular formula is C13H26O4. The maximum atomic E-state index is 11.5. The van der Waals surface area contributed by atoms with Gasteiger partial charge in [0.1, 0.15) is 0 Å². The Balaban J connectivity index is 0. The highest BCUT2D eigenvalue weighted by molar-refractivity contribution is 5.80. The van der Waals surface area contributed by atoms with Crippen molar-refractivity contribution >= 4 is 11.9 Å².